The molecule has 0 aliphatic rings. The van der Waals surface area contributed by atoms with Crippen molar-refractivity contribution in [2.45, 2.75) is 53.5 Å². The van der Waals surface area contributed by atoms with Crippen molar-refractivity contribution in [3.63, 3.8) is 0 Å². The summed E-state index contributed by atoms with van der Waals surface area (Å²) >= 11 is 1.89. The topological polar surface area (TPSA) is 24.9 Å². The van der Waals surface area contributed by atoms with E-state index in [1.54, 1.807) is 0 Å². The molecule has 16 heavy (non-hydrogen) atoms. The maximum atomic E-state index is 4.77. The Kier molecular flexibility index (Phi) is 5.99. The van der Waals surface area contributed by atoms with Gasteiger partial charge in [0.2, 0.25) is 0 Å². The number of nitrogens with zero attached hydrogens (tertiary/aromatic N) is 1. The molecule has 0 unspecified atom stereocenters. The van der Waals surface area contributed by atoms with Crippen LogP contribution >= 0.6 is 11.3 Å². The normalized spacial score (nSPS) is 11.3. The summed E-state index contributed by atoms with van der Waals surface area (Å²) in [5.41, 5.74) is 1.32. The minimum absolute atomic E-state index is 0.701. The average molecular weight is 240 g/mol. The number of hydrogen-bond acceptors (Lipinski definition) is 3. The first-order valence-electron chi connectivity index (χ1n) is 6.35. The second-order valence-corrected chi connectivity index (χ2v) is 5.77. The minimum atomic E-state index is 0.701. The van der Waals surface area contributed by atoms with E-state index < -0.39 is 0 Å². The van der Waals surface area contributed by atoms with Crippen LogP contribution in [0.4, 0.5) is 0 Å². The van der Waals surface area contributed by atoms with Gasteiger partial charge >= 0.3 is 0 Å². The van der Waals surface area contributed by atoms with Gasteiger partial charge in [0.05, 0.1) is 10.7 Å². The van der Waals surface area contributed by atoms with E-state index in [4.69, 9.17) is 4.98 Å². The van der Waals surface area contributed by atoms with Gasteiger partial charge in [-0.25, -0.2) is 4.98 Å². The van der Waals surface area contributed by atoms with E-state index in [2.05, 4.69) is 33.0 Å². The van der Waals surface area contributed by atoms with Crippen molar-refractivity contribution in [1.82, 2.24) is 10.3 Å². The van der Waals surface area contributed by atoms with Crippen molar-refractivity contribution < 1.29 is 0 Å². The van der Waals surface area contributed by atoms with Crippen molar-refractivity contribution in [3.8, 4) is 0 Å². The van der Waals surface area contributed by atoms with Gasteiger partial charge in [0.1, 0.15) is 0 Å². The first kappa shape index (κ1) is 13.7. The van der Waals surface area contributed by atoms with E-state index in [-0.39, 0.29) is 0 Å². The molecule has 1 heterocycles. The predicted molar refractivity (Wildman–Crippen MR) is 72.0 cm³/mol. The van der Waals surface area contributed by atoms with Crippen LogP contribution < -0.4 is 5.32 Å². The third-order valence-corrected chi connectivity index (χ3v) is 3.55. The number of thiazole rings is 1. The van der Waals surface area contributed by atoms with Crippen LogP contribution in [0.2, 0.25) is 0 Å². The van der Waals surface area contributed by atoms with Crippen molar-refractivity contribution in [1.29, 1.82) is 0 Å². The molecule has 0 aliphatic heterocycles. The van der Waals surface area contributed by atoms with Gasteiger partial charge in [0.15, 0.2) is 0 Å². The van der Waals surface area contributed by atoms with Crippen molar-refractivity contribution >= 4 is 11.3 Å². The molecule has 0 saturated heterocycles. The zero-order valence-electron chi connectivity index (χ0n) is 11.0. The maximum absolute atomic E-state index is 4.77. The number of hydrogen-bond donors (Lipinski definition) is 1. The summed E-state index contributed by atoms with van der Waals surface area (Å²) in [5, 5.41) is 4.71. The molecule has 0 aliphatic carbocycles. The van der Waals surface area contributed by atoms with Crippen LogP contribution in [-0.4, -0.2) is 11.5 Å². The Hall–Kier alpha value is -0.410. The first-order chi connectivity index (χ1) is 7.67. The molecular weight excluding hydrogens is 216 g/mol. The third-order valence-electron chi connectivity index (χ3n) is 2.43. The Balaban J connectivity index is 2.73. The van der Waals surface area contributed by atoms with Gasteiger partial charge in [-0.15, -0.1) is 11.3 Å². The molecular formula is C13H24N2S. The SMILES string of the molecule is CCCc1nc(CC(C)C)sc1CNCC. The summed E-state index contributed by atoms with van der Waals surface area (Å²) in [6, 6.07) is 0. The Labute approximate surface area is 103 Å². The van der Waals surface area contributed by atoms with E-state index in [1.165, 1.54) is 22.0 Å². The standard InChI is InChI=1S/C13H24N2S/c1-5-7-11-12(9-14-6-2)16-13(15-11)8-10(3)4/h10,14H,5-9H2,1-4H3. The number of rotatable bonds is 7. The molecule has 0 spiro atoms. The summed E-state index contributed by atoms with van der Waals surface area (Å²) in [7, 11) is 0. The molecule has 1 N–H and O–H groups in total. The second-order valence-electron chi connectivity index (χ2n) is 4.61. The molecule has 1 aromatic heterocycles. The zero-order valence-corrected chi connectivity index (χ0v) is 11.8. The lowest BCUT2D eigenvalue weighted by Crippen LogP contribution is -2.11. The highest BCUT2D eigenvalue weighted by Gasteiger charge is 2.10. The quantitative estimate of drug-likeness (QED) is 0.790. The highest BCUT2D eigenvalue weighted by Crippen LogP contribution is 2.22. The molecule has 0 aromatic carbocycles. The monoisotopic (exact) mass is 240 g/mol. The van der Waals surface area contributed by atoms with Crippen LogP contribution in [0.15, 0.2) is 0 Å². The third kappa shape index (κ3) is 4.22. The Morgan fingerprint density at radius 1 is 1.31 bits per heavy atom. The minimum Gasteiger partial charge on any atom is -0.312 e. The van der Waals surface area contributed by atoms with Gasteiger partial charge in [-0.2, -0.15) is 0 Å². The van der Waals surface area contributed by atoms with Gasteiger partial charge in [0.25, 0.3) is 0 Å². The largest absolute Gasteiger partial charge is 0.312 e. The Morgan fingerprint density at radius 3 is 2.62 bits per heavy atom. The van der Waals surface area contributed by atoms with Gasteiger partial charge in [-0.1, -0.05) is 34.1 Å². The lowest BCUT2D eigenvalue weighted by molar-refractivity contribution is 0.642. The Morgan fingerprint density at radius 2 is 2.06 bits per heavy atom. The van der Waals surface area contributed by atoms with E-state index >= 15 is 0 Å². The molecule has 1 rings (SSSR count). The molecule has 1 aromatic rings. The molecule has 0 atom stereocenters. The van der Waals surface area contributed by atoms with Crippen molar-refractivity contribution in [2.75, 3.05) is 6.54 Å². The average Bonchev–Trinajstić information content (AvgIpc) is 2.57. The molecule has 0 fully saturated rings. The van der Waals surface area contributed by atoms with Gasteiger partial charge in [0, 0.05) is 17.8 Å². The molecule has 2 nitrogen and oxygen atoms in total. The maximum Gasteiger partial charge on any atom is 0.0934 e. The van der Waals surface area contributed by atoms with Gasteiger partial charge in [-0.3, -0.25) is 0 Å². The lowest BCUT2D eigenvalue weighted by Gasteiger charge is -2.00. The van der Waals surface area contributed by atoms with Crippen molar-refractivity contribution in [3.05, 3.63) is 15.6 Å². The highest BCUT2D eigenvalue weighted by atomic mass is 32.1. The number of aryl methyl sites for hydroxylation is 1. The van der Waals surface area contributed by atoms with Crippen LogP contribution in [0, 0.1) is 5.92 Å². The molecule has 3 heteroatoms. The van der Waals surface area contributed by atoms with E-state index in [1.807, 2.05) is 11.3 Å². The molecule has 0 bridgehead atoms. The molecule has 92 valence electrons. The Bertz CT molecular complexity index is 305. The highest BCUT2D eigenvalue weighted by molar-refractivity contribution is 7.11. The van der Waals surface area contributed by atoms with Gasteiger partial charge in [-0.05, 0) is 18.9 Å². The van der Waals surface area contributed by atoms with Crippen LogP contribution in [0.5, 0.6) is 0 Å². The van der Waals surface area contributed by atoms with Crippen LogP contribution in [0.3, 0.4) is 0 Å². The van der Waals surface area contributed by atoms with Crippen LogP contribution in [0.25, 0.3) is 0 Å². The fourth-order valence-electron chi connectivity index (χ4n) is 1.68. The summed E-state index contributed by atoms with van der Waals surface area (Å²) in [4.78, 5) is 6.22. The van der Waals surface area contributed by atoms with E-state index in [0.717, 1.165) is 25.9 Å². The van der Waals surface area contributed by atoms with E-state index in [9.17, 15) is 0 Å². The fraction of sp³-hybridized carbons (Fsp3) is 0.769. The number of nitrogens with one attached hydrogen (secondary N) is 1. The summed E-state index contributed by atoms with van der Waals surface area (Å²) in [5.74, 6) is 0.701. The summed E-state index contributed by atoms with van der Waals surface area (Å²) in [6.07, 6.45) is 3.42. The molecule has 0 saturated carbocycles. The fourth-order valence-corrected chi connectivity index (χ4v) is 2.98. The smallest absolute Gasteiger partial charge is 0.0934 e. The lowest BCUT2D eigenvalue weighted by atomic mass is 10.1. The van der Waals surface area contributed by atoms with Gasteiger partial charge < -0.3 is 5.32 Å². The first-order valence-corrected chi connectivity index (χ1v) is 7.17. The summed E-state index contributed by atoms with van der Waals surface area (Å²) in [6.45, 7) is 10.9. The van der Waals surface area contributed by atoms with Crippen LogP contribution in [0.1, 0.15) is 49.7 Å². The second kappa shape index (κ2) is 7.02. The number of aromatic nitrogens is 1. The predicted octanol–water partition coefficient (Wildman–Crippen LogP) is 3.40. The summed E-state index contributed by atoms with van der Waals surface area (Å²) < 4.78 is 0. The van der Waals surface area contributed by atoms with Crippen molar-refractivity contribution in [2.24, 2.45) is 5.92 Å². The van der Waals surface area contributed by atoms with Crippen LogP contribution in [-0.2, 0) is 19.4 Å². The molecule has 0 amide bonds. The van der Waals surface area contributed by atoms with E-state index in [0.29, 0.717) is 5.92 Å². The molecule has 0 radical (unpaired) electrons. The zero-order chi connectivity index (χ0) is 12.0.